The molecule has 2 aromatic heterocycles. The van der Waals surface area contributed by atoms with E-state index in [-0.39, 0.29) is 24.3 Å². The average molecular weight is 393 g/mol. The first kappa shape index (κ1) is 18.9. The Labute approximate surface area is 168 Å². The number of nitrogens with one attached hydrogen (secondary N) is 1. The van der Waals surface area contributed by atoms with E-state index >= 15 is 0 Å². The van der Waals surface area contributed by atoms with Gasteiger partial charge >= 0.3 is 0 Å². The number of methoxy groups -OCH3 is 1. The van der Waals surface area contributed by atoms with Gasteiger partial charge in [-0.3, -0.25) is 14.0 Å². The number of carbonyl (C=O) groups is 2. The largest absolute Gasteiger partial charge is 0.496 e. The number of piperidine rings is 1. The molecule has 3 aromatic rings. The Balaban J connectivity index is 1.39. The summed E-state index contributed by atoms with van der Waals surface area (Å²) < 4.78 is 7.18. The SMILES string of the molecule is COc1ccccc1C(=O)NCC(=O)N1CCC[C@@H](c2nnc3ccccn23)C1. The molecule has 150 valence electrons. The fourth-order valence-corrected chi connectivity index (χ4v) is 3.75. The van der Waals surface area contributed by atoms with Crippen LogP contribution in [-0.2, 0) is 4.79 Å². The van der Waals surface area contributed by atoms with Gasteiger partial charge in [0, 0.05) is 25.2 Å². The molecule has 1 aliphatic rings. The summed E-state index contributed by atoms with van der Waals surface area (Å²) in [6, 6.07) is 12.7. The van der Waals surface area contributed by atoms with E-state index in [1.54, 1.807) is 29.2 Å². The third-order valence-corrected chi connectivity index (χ3v) is 5.23. The Kier molecular flexibility index (Phi) is 5.41. The number of likely N-dealkylation sites (tertiary alicyclic amines) is 1. The van der Waals surface area contributed by atoms with Gasteiger partial charge in [0.2, 0.25) is 5.91 Å². The Morgan fingerprint density at radius 3 is 2.86 bits per heavy atom. The third-order valence-electron chi connectivity index (χ3n) is 5.23. The van der Waals surface area contributed by atoms with Gasteiger partial charge in [-0.15, -0.1) is 10.2 Å². The number of rotatable bonds is 5. The number of amides is 2. The monoisotopic (exact) mass is 393 g/mol. The molecule has 4 rings (SSSR count). The van der Waals surface area contributed by atoms with Crippen LogP contribution in [0.5, 0.6) is 5.75 Å². The van der Waals surface area contributed by atoms with Crippen LogP contribution in [0.4, 0.5) is 0 Å². The van der Waals surface area contributed by atoms with Crippen molar-refractivity contribution in [2.24, 2.45) is 0 Å². The lowest BCUT2D eigenvalue weighted by Crippen LogP contribution is -2.44. The highest BCUT2D eigenvalue weighted by Crippen LogP contribution is 2.26. The van der Waals surface area contributed by atoms with Crippen LogP contribution < -0.4 is 10.1 Å². The topological polar surface area (TPSA) is 88.8 Å². The second-order valence-corrected chi connectivity index (χ2v) is 7.05. The van der Waals surface area contributed by atoms with Crippen LogP contribution in [0.1, 0.15) is 34.9 Å². The summed E-state index contributed by atoms with van der Waals surface area (Å²) in [7, 11) is 1.51. The smallest absolute Gasteiger partial charge is 0.255 e. The highest BCUT2D eigenvalue weighted by atomic mass is 16.5. The van der Waals surface area contributed by atoms with Crippen molar-refractivity contribution in [3.05, 3.63) is 60.0 Å². The molecule has 0 spiro atoms. The Hall–Kier alpha value is -3.42. The van der Waals surface area contributed by atoms with Crippen molar-refractivity contribution in [2.75, 3.05) is 26.7 Å². The van der Waals surface area contributed by atoms with E-state index in [4.69, 9.17) is 4.74 Å². The second kappa shape index (κ2) is 8.30. The quantitative estimate of drug-likeness (QED) is 0.715. The molecular formula is C21H23N5O3. The van der Waals surface area contributed by atoms with Gasteiger partial charge in [-0.1, -0.05) is 18.2 Å². The maximum Gasteiger partial charge on any atom is 0.255 e. The molecule has 1 aromatic carbocycles. The first-order valence-electron chi connectivity index (χ1n) is 9.66. The van der Waals surface area contributed by atoms with Gasteiger partial charge in [-0.05, 0) is 37.1 Å². The molecule has 1 fully saturated rings. The molecule has 0 bridgehead atoms. The Bertz CT molecular complexity index is 1030. The zero-order valence-corrected chi connectivity index (χ0v) is 16.2. The van der Waals surface area contributed by atoms with E-state index in [2.05, 4.69) is 15.5 Å². The van der Waals surface area contributed by atoms with Crippen molar-refractivity contribution in [2.45, 2.75) is 18.8 Å². The summed E-state index contributed by atoms with van der Waals surface area (Å²) in [5.41, 5.74) is 1.21. The summed E-state index contributed by atoms with van der Waals surface area (Å²) in [6.45, 7) is 1.19. The van der Waals surface area contributed by atoms with Crippen molar-refractivity contribution in [1.82, 2.24) is 24.8 Å². The molecule has 2 amide bonds. The van der Waals surface area contributed by atoms with Gasteiger partial charge in [0.05, 0.1) is 19.2 Å². The number of aromatic nitrogens is 3. The van der Waals surface area contributed by atoms with E-state index in [9.17, 15) is 9.59 Å². The van der Waals surface area contributed by atoms with E-state index in [0.29, 0.717) is 24.4 Å². The second-order valence-electron chi connectivity index (χ2n) is 7.05. The summed E-state index contributed by atoms with van der Waals surface area (Å²) >= 11 is 0. The molecule has 1 atom stereocenters. The molecule has 8 heteroatoms. The van der Waals surface area contributed by atoms with E-state index in [1.807, 2.05) is 28.8 Å². The molecule has 0 radical (unpaired) electrons. The van der Waals surface area contributed by atoms with Gasteiger partial charge in [-0.2, -0.15) is 0 Å². The number of hydrogen-bond donors (Lipinski definition) is 1. The minimum Gasteiger partial charge on any atom is -0.496 e. The predicted molar refractivity (Wildman–Crippen MR) is 107 cm³/mol. The van der Waals surface area contributed by atoms with Crippen molar-refractivity contribution < 1.29 is 14.3 Å². The maximum absolute atomic E-state index is 12.7. The third kappa shape index (κ3) is 3.91. The number of benzene rings is 1. The summed E-state index contributed by atoms with van der Waals surface area (Å²) in [4.78, 5) is 26.9. The van der Waals surface area contributed by atoms with Crippen molar-refractivity contribution in [3.8, 4) is 5.75 Å². The number of ether oxygens (including phenoxy) is 1. The van der Waals surface area contributed by atoms with E-state index in [0.717, 1.165) is 24.3 Å². The highest BCUT2D eigenvalue weighted by Gasteiger charge is 2.28. The van der Waals surface area contributed by atoms with Crippen LogP contribution in [0.3, 0.4) is 0 Å². The molecule has 1 aliphatic heterocycles. The zero-order valence-electron chi connectivity index (χ0n) is 16.2. The number of carbonyl (C=O) groups excluding carboxylic acids is 2. The number of hydrogen-bond acceptors (Lipinski definition) is 5. The maximum atomic E-state index is 12.7. The number of para-hydroxylation sites is 1. The summed E-state index contributed by atoms with van der Waals surface area (Å²) in [5.74, 6) is 1.04. The van der Waals surface area contributed by atoms with Gasteiger partial charge in [0.25, 0.3) is 5.91 Å². The molecule has 29 heavy (non-hydrogen) atoms. The number of fused-ring (bicyclic) bond motifs is 1. The molecule has 1 N–H and O–H groups in total. The summed E-state index contributed by atoms with van der Waals surface area (Å²) in [5, 5.41) is 11.3. The van der Waals surface area contributed by atoms with Gasteiger partial charge < -0.3 is 15.0 Å². The van der Waals surface area contributed by atoms with Crippen LogP contribution >= 0.6 is 0 Å². The van der Waals surface area contributed by atoms with Crippen molar-refractivity contribution in [1.29, 1.82) is 0 Å². The normalized spacial score (nSPS) is 16.6. The minimum atomic E-state index is -0.326. The fourth-order valence-electron chi connectivity index (χ4n) is 3.75. The van der Waals surface area contributed by atoms with E-state index < -0.39 is 0 Å². The van der Waals surface area contributed by atoms with Crippen LogP contribution in [0.2, 0.25) is 0 Å². The van der Waals surface area contributed by atoms with Crippen molar-refractivity contribution >= 4 is 17.5 Å². The molecular weight excluding hydrogens is 370 g/mol. The zero-order chi connectivity index (χ0) is 20.2. The lowest BCUT2D eigenvalue weighted by molar-refractivity contribution is -0.131. The molecule has 0 saturated carbocycles. The standard InChI is InChI=1S/C21H23N5O3/c1-29-17-9-3-2-8-16(17)21(28)22-13-19(27)25-11-6-7-15(14-25)20-24-23-18-10-4-5-12-26(18)20/h2-5,8-10,12,15H,6-7,11,13-14H2,1H3,(H,22,28)/t15-/m1/s1. The van der Waals surface area contributed by atoms with Crippen molar-refractivity contribution in [3.63, 3.8) is 0 Å². The lowest BCUT2D eigenvalue weighted by atomic mass is 9.97. The minimum absolute atomic E-state index is 0.0514. The predicted octanol–water partition coefficient (Wildman–Crippen LogP) is 1.87. The summed E-state index contributed by atoms with van der Waals surface area (Å²) in [6.07, 6.45) is 3.78. The Morgan fingerprint density at radius 1 is 1.17 bits per heavy atom. The fraction of sp³-hybridized carbons (Fsp3) is 0.333. The van der Waals surface area contributed by atoms with Crippen LogP contribution in [0.15, 0.2) is 48.7 Å². The number of nitrogens with zero attached hydrogens (tertiary/aromatic N) is 4. The molecule has 0 aliphatic carbocycles. The van der Waals surface area contributed by atoms with E-state index in [1.165, 1.54) is 7.11 Å². The van der Waals surface area contributed by atoms with Gasteiger partial charge in [-0.25, -0.2) is 0 Å². The van der Waals surface area contributed by atoms with Gasteiger partial charge in [0.1, 0.15) is 11.6 Å². The molecule has 0 unspecified atom stereocenters. The Morgan fingerprint density at radius 2 is 2.00 bits per heavy atom. The molecule has 8 nitrogen and oxygen atoms in total. The number of pyridine rings is 1. The molecule has 3 heterocycles. The lowest BCUT2D eigenvalue weighted by Gasteiger charge is -2.32. The highest BCUT2D eigenvalue weighted by molar-refractivity contribution is 5.98. The van der Waals surface area contributed by atoms with Crippen LogP contribution in [0, 0.1) is 0 Å². The van der Waals surface area contributed by atoms with Crippen LogP contribution in [0.25, 0.3) is 5.65 Å². The first-order chi connectivity index (χ1) is 14.2. The van der Waals surface area contributed by atoms with Crippen LogP contribution in [-0.4, -0.2) is 58.1 Å². The molecule has 1 saturated heterocycles. The first-order valence-corrected chi connectivity index (χ1v) is 9.66. The average Bonchev–Trinajstić information content (AvgIpc) is 3.21. The van der Waals surface area contributed by atoms with Gasteiger partial charge in [0.15, 0.2) is 5.65 Å².